The van der Waals surface area contributed by atoms with Crippen LogP contribution < -0.4 is 5.73 Å². The molecule has 0 aromatic heterocycles. The highest BCUT2D eigenvalue weighted by atomic mass is 32.2. The summed E-state index contributed by atoms with van der Waals surface area (Å²) >= 11 is 0. The van der Waals surface area contributed by atoms with Gasteiger partial charge >= 0.3 is 0 Å². The van der Waals surface area contributed by atoms with Gasteiger partial charge in [-0.25, -0.2) is 8.42 Å². The highest BCUT2D eigenvalue weighted by Gasteiger charge is 2.25. The normalized spacial score (nSPS) is 16.0. The lowest BCUT2D eigenvalue weighted by Crippen LogP contribution is -2.35. The zero-order chi connectivity index (χ0) is 11.6. The van der Waals surface area contributed by atoms with Crippen LogP contribution in [0.1, 0.15) is 19.4 Å². The van der Waals surface area contributed by atoms with Gasteiger partial charge in [-0.15, -0.1) is 0 Å². The number of aryl methyl sites for hydroxylation is 1. The van der Waals surface area contributed by atoms with Crippen LogP contribution in [0.2, 0.25) is 0 Å². The molecule has 0 amide bonds. The number of nitrogens with two attached hydrogens (primary N) is 1. The molecule has 1 aromatic rings. The van der Waals surface area contributed by atoms with E-state index in [1.54, 1.807) is 38.1 Å². The molecular weight excluding hydrogens is 210 g/mol. The molecule has 3 nitrogen and oxygen atoms in total. The molecule has 2 atom stereocenters. The molecule has 0 aliphatic heterocycles. The molecule has 0 aliphatic rings. The number of hydrogen-bond acceptors (Lipinski definition) is 3. The summed E-state index contributed by atoms with van der Waals surface area (Å²) in [5.74, 6) is 0. The van der Waals surface area contributed by atoms with E-state index < -0.39 is 15.1 Å². The highest BCUT2D eigenvalue weighted by molar-refractivity contribution is 7.92. The summed E-state index contributed by atoms with van der Waals surface area (Å²) in [4.78, 5) is 0.345. The third kappa shape index (κ3) is 2.58. The molecule has 2 N–H and O–H groups in total. The van der Waals surface area contributed by atoms with Gasteiger partial charge in [0.1, 0.15) is 0 Å². The number of hydrogen-bond donors (Lipinski definition) is 1. The van der Waals surface area contributed by atoms with Crippen molar-refractivity contribution in [1.82, 2.24) is 0 Å². The standard InChI is InChI=1S/C11H17NO2S/c1-8-4-6-11(7-5-8)15(13,14)10(3)9(2)12/h4-7,9-10H,12H2,1-3H3. The molecule has 0 fully saturated rings. The summed E-state index contributed by atoms with van der Waals surface area (Å²) in [6.07, 6.45) is 0. The fourth-order valence-corrected chi connectivity index (χ4v) is 2.74. The summed E-state index contributed by atoms with van der Waals surface area (Å²) in [5.41, 5.74) is 6.65. The SMILES string of the molecule is Cc1ccc(S(=O)(=O)C(C)C(C)N)cc1. The van der Waals surface area contributed by atoms with Crippen LogP contribution in [0.4, 0.5) is 0 Å². The van der Waals surface area contributed by atoms with Gasteiger partial charge in [0.2, 0.25) is 0 Å². The largest absolute Gasteiger partial charge is 0.327 e. The molecule has 0 radical (unpaired) electrons. The second-order valence-electron chi connectivity index (χ2n) is 3.92. The smallest absolute Gasteiger partial charge is 0.182 e. The van der Waals surface area contributed by atoms with Gasteiger partial charge in [0.25, 0.3) is 0 Å². The molecule has 0 spiro atoms. The Morgan fingerprint density at radius 2 is 1.60 bits per heavy atom. The molecule has 0 heterocycles. The number of sulfone groups is 1. The number of benzene rings is 1. The molecule has 1 rings (SSSR count). The maximum absolute atomic E-state index is 12.0. The van der Waals surface area contributed by atoms with Crippen molar-refractivity contribution >= 4 is 9.84 Å². The molecule has 0 aliphatic carbocycles. The van der Waals surface area contributed by atoms with Gasteiger partial charge in [0.15, 0.2) is 9.84 Å². The Morgan fingerprint density at radius 1 is 1.13 bits per heavy atom. The van der Waals surface area contributed by atoms with Crippen molar-refractivity contribution in [2.45, 2.75) is 37.0 Å². The predicted molar refractivity (Wildman–Crippen MR) is 61.5 cm³/mol. The molecule has 4 heteroatoms. The Bertz CT molecular complexity index is 420. The van der Waals surface area contributed by atoms with E-state index in [2.05, 4.69) is 0 Å². The minimum atomic E-state index is -3.28. The topological polar surface area (TPSA) is 60.2 Å². The maximum Gasteiger partial charge on any atom is 0.182 e. The first-order valence-electron chi connectivity index (χ1n) is 4.92. The van der Waals surface area contributed by atoms with Gasteiger partial charge in [-0.2, -0.15) is 0 Å². The molecule has 2 unspecified atom stereocenters. The summed E-state index contributed by atoms with van der Waals surface area (Å²) in [6.45, 7) is 5.27. The van der Waals surface area contributed by atoms with Gasteiger partial charge < -0.3 is 5.73 Å². The first kappa shape index (κ1) is 12.2. The minimum Gasteiger partial charge on any atom is -0.327 e. The van der Waals surface area contributed by atoms with Gasteiger partial charge in [0.05, 0.1) is 10.1 Å². The zero-order valence-electron chi connectivity index (χ0n) is 9.27. The lowest BCUT2D eigenvalue weighted by molar-refractivity contribution is 0.568. The van der Waals surface area contributed by atoms with E-state index in [1.165, 1.54) is 0 Å². The minimum absolute atomic E-state index is 0.345. The van der Waals surface area contributed by atoms with E-state index in [4.69, 9.17) is 5.73 Å². The van der Waals surface area contributed by atoms with E-state index in [-0.39, 0.29) is 6.04 Å². The summed E-state index contributed by atoms with van der Waals surface area (Å²) < 4.78 is 24.0. The first-order valence-corrected chi connectivity index (χ1v) is 6.46. The molecule has 0 saturated carbocycles. The Labute approximate surface area is 91.2 Å². The first-order chi connectivity index (χ1) is 6.85. The Balaban J connectivity index is 3.12. The molecule has 84 valence electrons. The maximum atomic E-state index is 12.0. The zero-order valence-corrected chi connectivity index (χ0v) is 10.1. The van der Waals surface area contributed by atoms with Gasteiger partial charge in [-0.05, 0) is 32.9 Å². The van der Waals surface area contributed by atoms with Crippen LogP contribution in [0.25, 0.3) is 0 Å². The van der Waals surface area contributed by atoms with Crippen LogP contribution in [0.15, 0.2) is 29.2 Å². The highest BCUT2D eigenvalue weighted by Crippen LogP contribution is 2.17. The van der Waals surface area contributed by atoms with Gasteiger partial charge in [0, 0.05) is 6.04 Å². The van der Waals surface area contributed by atoms with Crippen molar-refractivity contribution in [1.29, 1.82) is 0 Å². The monoisotopic (exact) mass is 227 g/mol. The third-order valence-electron chi connectivity index (χ3n) is 2.58. The average Bonchev–Trinajstić information content (AvgIpc) is 2.17. The second-order valence-corrected chi connectivity index (χ2v) is 6.23. The van der Waals surface area contributed by atoms with Crippen molar-refractivity contribution in [3.63, 3.8) is 0 Å². The van der Waals surface area contributed by atoms with E-state index in [0.29, 0.717) is 4.90 Å². The van der Waals surface area contributed by atoms with Gasteiger partial charge in [-0.1, -0.05) is 17.7 Å². The quantitative estimate of drug-likeness (QED) is 0.851. The second kappa shape index (κ2) is 4.33. The van der Waals surface area contributed by atoms with E-state index in [1.807, 2.05) is 6.92 Å². The molecule has 1 aromatic carbocycles. The lowest BCUT2D eigenvalue weighted by Gasteiger charge is -2.16. The summed E-state index contributed by atoms with van der Waals surface area (Å²) in [7, 11) is -3.28. The Morgan fingerprint density at radius 3 is 2.00 bits per heavy atom. The lowest BCUT2D eigenvalue weighted by atomic mass is 10.2. The van der Waals surface area contributed by atoms with E-state index >= 15 is 0 Å². The summed E-state index contributed by atoms with van der Waals surface area (Å²) in [6, 6.07) is 6.48. The van der Waals surface area contributed by atoms with Crippen molar-refractivity contribution in [3.8, 4) is 0 Å². The van der Waals surface area contributed by atoms with Crippen LogP contribution in [0.5, 0.6) is 0 Å². The van der Waals surface area contributed by atoms with Crippen LogP contribution in [0, 0.1) is 6.92 Å². The average molecular weight is 227 g/mol. The van der Waals surface area contributed by atoms with Gasteiger partial charge in [-0.3, -0.25) is 0 Å². The van der Waals surface area contributed by atoms with Crippen LogP contribution in [0.3, 0.4) is 0 Å². The number of rotatable bonds is 3. The van der Waals surface area contributed by atoms with Crippen LogP contribution >= 0.6 is 0 Å². The van der Waals surface area contributed by atoms with Crippen molar-refractivity contribution in [2.24, 2.45) is 5.73 Å². The van der Waals surface area contributed by atoms with Crippen molar-refractivity contribution in [3.05, 3.63) is 29.8 Å². The van der Waals surface area contributed by atoms with Crippen LogP contribution in [-0.4, -0.2) is 19.7 Å². The van der Waals surface area contributed by atoms with Crippen LogP contribution in [-0.2, 0) is 9.84 Å². The van der Waals surface area contributed by atoms with E-state index in [0.717, 1.165) is 5.56 Å². The molecular formula is C11H17NO2S. The summed E-state index contributed by atoms with van der Waals surface area (Å²) in [5, 5.41) is -0.555. The Kier molecular flexibility index (Phi) is 3.52. The fraction of sp³-hybridized carbons (Fsp3) is 0.455. The van der Waals surface area contributed by atoms with Crippen molar-refractivity contribution in [2.75, 3.05) is 0 Å². The molecule has 15 heavy (non-hydrogen) atoms. The molecule has 0 bridgehead atoms. The predicted octanol–water partition coefficient (Wildman–Crippen LogP) is 1.50. The van der Waals surface area contributed by atoms with E-state index in [9.17, 15) is 8.42 Å². The fourth-order valence-electron chi connectivity index (χ4n) is 1.23. The Hall–Kier alpha value is -0.870. The van der Waals surface area contributed by atoms with Crippen molar-refractivity contribution < 1.29 is 8.42 Å². The molecule has 0 saturated heterocycles. The third-order valence-corrected chi connectivity index (χ3v) is 4.92.